The molecular formula is C6H8N2O2S. The standard InChI is InChI=1S/C6H8N2O2S/c1-11(10)8-6-5(9)3-2-4-7-6/h2-4,9H,1H3,(H,7,8). The van der Waals surface area contributed by atoms with E-state index in [9.17, 15) is 4.21 Å². The number of rotatable bonds is 2. The number of nitrogens with zero attached hydrogens (tertiary/aromatic N) is 1. The summed E-state index contributed by atoms with van der Waals surface area (Å²) in [6.45, 7) is 0. The summed E-state index contributed by atoms with van der Waals surface area (Å²) < 4.78 is 13.1. The highest BCUT2D eigenvalue weighted by atomic mass is 32.2. The van der Waals surface area contributed by atoms with Crippen LogP contribution in [-0.4, -0.2) is 20.6 Å². The second-order valence-electron chi connectivity index (χ2n) is 1.93. The fraction of sp³-hybridized carbons (Fsp3) is 0.167. The number of aromatic nitrogens is 1. The quantitative estimate of drug-likeness (QED) is 0.682. The van der Waals surface area contributed by atoms with Gasteiger partial charge in [0.25, 0.3) is 0 Å². The molecule has 0 aliphatic rings. The second kappa shape index (κ2) is 3.34. The van der Waals surface area contributed by atoms with E-state index in [0.717, 1.165) is 0 Å². The molecule has 0 aliphatic carbocycles. The zero-order chi connectivity index (χ0) is 8.27. The minimum atomic E-state index is -1.20. The molecule has 60 valence electrons. The van der Waals surface area contributed by atoms with Gasteiger partial charge in [0, 0.05) is 12.5 Å². The average Bonchev–Trinajstić information content (AvgIpc) is 1.93. The average molecular weight is 172 g/mol. The zero-order valence-corrected chi connectivity index (χ0v) is 6.76. The number of pyridine rings is 1. The van der Waals surface area contributed by atoms with E-state index in [2.05, 4.69) is 9.71 Å². The number of hydrogen-bond donors (Lipinski definition) is 2. The summed E-state index contributed by atoms with van der Waals surface area (Å²) in [6.07, 6.45) is 2.98. The molecule has 1 unspecified atom stereocenters. The van der Waals surface area contributed by atoms with Gasteiger partial charge in [0.15, 0.2) is 11.6 Å². The molecule has 0 radical (unpaired) electrons. The summed E-state index contributed by atoms with van der Waals surface area (Å²) in [5.41, 5.74) is 0. The lowest BCUT2D eigenvalue weighted by Crippen LogP contribution is -2.02. The van der Waals surface area contributed by atoms with Crippen molar-refractivity contribution in [1.82, 2.24) is 4.98 Å². The Morgan fingerprint density at radius 2 is 2.45 bits per heavy atom. The molecule has 0 spiro atoms. The molecule has 0 saturated heterocycles. The summed E-state index contributed by atoms with van der Waals surface area (Å²) in [4.78, 5) is 3.76. The lowest BCUT2D eigenvalue weighted by Gasteiger charge is -2.01. The van der Waals surface area contributed by atoms with Gasteiger partial charge in [0.1, 0.15) is 11.0 Å². The smallest absolute Gasteiger partial charge is 0.180 e. The van der Waals surface area contributed by atoms with Crippen LogP contribution in [-0.2, 0) is 11.0 Å². The van der Waals surface area contributed by atoms with Crippen molar-refractivity contribution >= 4 is 16.8 Å². The van der Waals surface area contributed by atoms with Crippen LogP contribution >= 0.6 is 0 Å². The predicted molar refractivity (Wildman–Crippen MR) is 43.6 cm³/mol. The molecule has 1 rings (SSSR count). The molecule has 4 nitrogen and oxygen atoms in total. The van der Waals surface area contributed by atoms with Crippen molar-refractivity contribution < 1.29 is 9.32 Å². The molecule has 0 saturated carbocycles. The highest BCUT2D eigenvalue weighted by Crippen LogP contribution is 2.17. The van der Waals surface area contributed by atoms with Crippen molar-refractivity contribution in [1.29, 1.82) is 0 Å². The lowest BCUT2D eigenvalue weighted by atomic mass is 10.4. The van der Waals surface area contributed by atoms with Gasteiger partial charge >= 0.3 is 0 Å². The summed E-state index contributed by atoms with van der Waals surface area (Å²) in [6, 6.07) is 3.07. The Morgan fingerprint density at radius 3 is 3.00 bits per heavy atom. The molecule has 0 aromatic carbocycles. The molecule has 0 amide bonds. The van der Waals surface area contributed by atoms with Crippen molar-refractivity contribution in [3.05, 3.63) is 18.3 Å². The third kappa shape index (κ3) is 2.19. The first-order valence-electron chi connectivity index (χ1n) is 2.94. The first-order valence-corrected chi connectivity index (χ1v) is 4.50. The Labute approximate surface area is 66.9 Å². The van der Waals surface area contributed by atoms with E-state index >= 15 is 0 Å². The number of nitrogens with one attached hydrogen (secondary N) is 1. The van der Waals surface area contributed by atoms with Crippen LogP contribution in [0.5, 0.6) is 5.75 Å². The Kier molecular flexibility index (Phi) is 2.43. The van der Waals surface area contributed by atoms with Gasteiger partial charge < -0.3 is 5.11 Å². The van der Waals surface area contributed by atoms with Gasteiger partial charge in [-0.2, -0.15) is 0 Å². The first-order chi connectivity index (χ1) is 5.20. The molecular weight excluding hydrogens is 164 g/mol. The fourth-order valence-corrected chi connectivity index (χ4v) is 1.04. The Morgan fingerprint density at radius 1 is 1.73 bits per heavy atom. The van der Waals surface area contributed by atoms with E-state index in [1.54, 1.807) is 6.07 Å². The van der Waals surface area contributed by atoms with E-state index in [0.29, 0.717) is 0 Å². The van der Waals surface area contributed by atoms with Crippen LogP contribution in [0.3, 0.4) is 0 Å². The van der Waals surface area contributed by atoms with Gasteiger partial charge in [-0.15, -0.1) is 0 Å². The first kappa shape index (κ1) is 8.00. The maximum atomic E-state index is 10.6. The van der Waals surface area contributed by atoms with E-state index in [1.807, 2.05) is 0 Å². The summed E-state index contributed by atoms with van der Waals surface area (Å²) >= 11 is 0. The lowest BCUT2D eigenvalue weighted by molar-refractivity contribution is 0.476. The summed E-state index contributed by atoms with van der Waals surface area (Å²) in [5.74, 6) is 0.246. The van der Waals surface area contributed by atoms with E-state index in [4.69, 9.17) is 5.11 Å². The van der Waals surface area contributed by atoms with E-state index in [-0.39, 0.29) is 11.6 Å². The Bertz CT molecular complexity index is 277. The molecule has 1 aromatic rings. The molecule has 1 atom stereocenters. The van der Waals surface area contributed by atoms with Gasteiger partial charge in [0.05, 0.1) is 0 Å². The fourth-order valence-electron chi connectivity index (χ4n) is 0.612. The van der Waals surface area contributed by atoms with Gasteiger partial charge in [-0.25, -0.2) is 9.19 Å². The van der Waals surface area contributed by atoms with Crippen LogP contribution in [0.2, 0.25) is 0 Å². The van der Waals surface area contributed by atoms with Crippen LogP contribution in [0, 0.1) is 0 Å². The van der Waals surface area contributed by atoms with Crippen LogP contribution in [0.1, 0.15) is 0 Å². The Hall–Kier alpha value is -1.10. The van der Waals surface area contributed by atoms with E-state index < -0.39 is 11.0 Å². The highest BCUT2D eigenvalue weighted by Gasteiger charge is 1.99. The maximum Gasteiger partial charge on any atom is 0.180 e. The van der Waals surface area contributed by atoms with Crippen molar-refractivity contribution in [2.45, 2.75) is 0 Å². The largest absolute Gasteiger partial charge is 0.504 e. The third-order valence-corrected chi connectivity index (χ3v) is 1.51. The molecule has 0 bridgehead atoms. The normalized spacial score (nSPS) is 12.5. The van der Waals surface area contributed by atoms with Crippen LogP contribution in [0.25, 0.3) is 0 Å². The molecule has 1 aromatic heterocycles. The van der Waals surface area contributed by atoms with Crippen LogP contribution in [0.4, 0.5) is 5.82 Å². The molecule has 11 heavy (non-hydrogen) atoms. The molecule has 1 heterocycles. The molecule has 0 aliphatic heterocycles. The van der Waals surface area contributed by atoms with Gasteiger partial charge in [-0.1, -0.05) is 0 Å². The van der Waals surface area contributed by atoms with Crippen LogP contribution in [0.15, 0.2) is 18.3 Å². The van der Waals surface area contributed by atoms with Crippen molar-refractivity contribution in [3.8, 4) is 5.75 Å². The van der Waals surface area contributed by atoms with Gasteiger partial charge in [-0.3, -0.25) is 4.72 Å². The topological polar surface area (TPSA) is 62.2 Å². The third-order valence-electron chi connectivity index (χ3n) is 1.03. The second-order valence-corrected chi connectivity index (χ2v) is 3.04. The maximum absolute atomic E-state index is 10.6. The number of hydrogen-bond acceptors (Lipinski definition) is 3. The number of anilines is 1. The minimum Gasteiger partial charge on any atom is -0.504 e. The summed E-state index contributed by atoms with van der Waals surface area (Å²) in [7, 11) is -1.20. The predicted octanol–water partition coefficient (Wildman–Crippen LogP) is 0.493. The molecule has 2 N–H and O–H groups in total. The van der Waals surface area contributed by atoms with Gasteiger partial charge in [-0.05, 0) is 12.1 Å². The Balaban J connectivity index is 2.86. The van der Waals surface area contributed by atoms with Crippen molar-refractivity contribution in [2.24, 2.45) is 0 Å². The minimum absolute atomic E-state index is 0.00250. The van der Waals surface area contributed by atoms with E-state index in [1.165, 1.54) is 18.5 Å². The SMILES string of the molecule is CS(=O)Nc1ncccc1O. The van der Waals surface area contributed by atoms with Crippen molar-refractivity contribution in [3.63, 3.8) is 0 Å². The molecule has 0 fully saturated rings. The zero-order valence-electron chi connectivity index (χ0n) is 5.94. The molecule has 5 heteroatoms. The van der Waals surface area contributed by atoms with Crippen molar-refractivity contribution in [2.75, 3.05) is 11.0 Å². The number of aromatic hydroxyl groups is 1. The summed E-state index contributed by atoms with van der Waals surface area (Å²) in [5, 5.41) is 9.10. The highest BCUT2D eigenvalue weighted by molar-refractivity contribution is 7.85. The van der Waals surface area contributed by atoms with Crippen LogP contribution < -0.4 is 4.72 Å². The monoisotopic (exact) mass is 172 g/mol. The van der Waals surface area contributed by atoms with Gasteiger partial charge in [0.2, 0.25) is 0 Å².